The number of hydrogen-bond donors (Lipinski definition) is 1. The maximum absolute atomic E-state index is 12.8. The highest BCUT2D eigenvalue weighted by Crippen LogP contribution is 2.36. The predicted octanol–water partition coefficient (Wildman–Crippen LogP) is 6.27. The maximum Gasteiger partial charge on any atom is 0.234 e. The van der Waals surface area contributed by atoms with Crippen molar-refractivity contribution in [3.05, 3.63) is 70.9 Å². The first-order chi connectivity index (χ1) is 14.6. The van der Waals surface area contributed by atoms with E-state index in [-0.39, 0.29) is 5.91 Å². The van der Waals surface area contributed by atoms with Gasteiger partial charge in [0.05, 0.1) is 5.75 Å². The summed E-state index contributed by atoms with van der Waals surface area (Å²) < 4.78 is 0. The molecular formula is C24H23N3OS2. The van der Waals surface area contributed by atoms with Gasteiger partial charge in [0.2, 0.25) is 5.91 Å². The zero-order valence-electron chi connectivity index (χ0n) is 17.2. The standard InChI is InChI=1S/C24H23N3OS2/c1-4-18-15(2)30-24-22(18)23(25-16(3)26-24)29-14-21(28)27-20-13-9-8-12-19(20)17-10-6-5-7-11-17/h5-13H,4,14H2,1-3H3,(H,27,28). The molecule has 0 fully saturated rings. The molecule has 0 saturated heterocycles. The van der Waals surface area contributed by atoms with Crippen molar-refractivity contribution in [1.29, 1.82) is 0 Å². The third kappa shape index (κ3) is 4.25. The van der Waals surface area contributed by atoms with Crippen molar-refractivity contribution in [3.8, 4) is 11.1 Å². The highest BCUT2D eigenvalue weighted by atomic mass is 32.2. The lowest BCUT2D eigenvalue weighted by Gasteiger charge is -2.11. The number of thiophene rings is 1. The Balaban J connectivity index is 1.55. The van der Waals surface area contributed by atoms with Crippen LogP contribution in [0.25, 0.3) is 21.3 Å². The molecule has 1 amide bonds. The van der Waals surface area contributed by atoms with Gasteiger partial charge in [0.1, 0.15) is 15.7 Å². The summed E-state index contributed by atoms with van der Waals surface area (Å²) in [6.45, 7) is 6.18. The number of carbonyl (C=O) groups excluding carboxylic acids is 1. The van der Waals surface area contributed by atoms with E-state index in [2.05, 4.69) is 29.1 Å². The van der Waals surface area contributed by atoms with Crippen molar-refractivity contribution in [1.82, 2.24) is 9.97 Å². The number of anilines is 1. The SMILES string of the molecule is CCc1c(C)sc2nc(C)nc(SCC(=O)Nc3ccccc3-c3ccccc3)c12. The van der Waals surface area contributed by atoms with Crippen molar-refractivity contribution >= 4 is 44.9 Å². The molecule has 0 unspecified atom stereocenters. The number of carbonyl (C=O) groups is 1. The van der Waals surface area contributed by atoms with Gasteiger partial charge < -0.3 is 5.32 Å². The Labute approximate surface area is 184 Å². The first kappa shape index (κ1) is 20.6. The molecule has 0 radical (unpaired) electrons. The smallest absolute Gasteiger partial charge is 0.234 e. The topological polar surface area (TPSA) is 54.9 Å². The number of rotatable bonds is 6. The number of hydrogen-bond acceptors (Lipinski definition) is 5. The molecule has 0 saturated carbocycles. The third-order valence-electron chi connectivity index (χ3n) is 4.91. The molecule has 4 rings (SSSR count). The third-order valence-corrected chi connectivity index (χ3v) is 6.93. The molecule has 0 aliphatic carbocycles. The Hall–Kier alpha value is -2.70. The molecule has 1 N–H and O–H groups in total. The second kappa shape index (κ2) is 8.98. The van der Waals surface area contributed by atoms with Crippen LogP contribution in [0, 0.1) is 13.8 Å². The van der Waals surface area contributed by atoms with Crippen LogP contribution in [0.15, 0.2) is 59.6 Å². The summed E-state index contributed by atoms with van der Waals surface area (Å²) in [5.74, 6) is 0.994. The first-order valence-corrected chi connectivity index (χ1v) is 11.7. The first-order valence-electron chi connectivity index (χ1n) is 9.90. The highest BCUT2D eigenvalue weighted by molar-refractivity contribution is 8.00. The van der Waals surface area contributed by atoms with Crippen molar-refractivity contribution in [2.24, 2.45) is 0 Å². The molecule has 0 bridgehead atoms. The quantitative estimate of drug-likeness (QED) is 0.288. The van der Waals surface area contributed by atoms with Gasteiger partial charge in [-0.25, -0.2) is 9.97 Å². The molecule has 0 aliphatic rings. The zero-order valence-corrected chi connectivity index (χ0v) is 18.9. The predicted molar refractivity (Wildman–Crippen MR) is 127 cm³/mol. The number of thioether (sulfide) groups is 1. The molecule has 6 heteroatoms. The van der Waals surface area contributed by atoms with E-state index in [0.717, 1.165) is 44.3 Å². The number of nitrogens with zero attached hydrogens (tertiary/aromatic N) is 2. The second-order valence-electron chi connectivity index (χ2n) is 6.99. The normalized spacial score (nSPS) is 11.0. The number of fused-ring (bicyclic) bond motifs is 1. The fraction of sp³-hybridized carbons (Fsp3) is 0.208. The summed E-state index contributed by atoms with van der Waals surface area (Å²) in [5.41, 5.74) is 4.19. The number of aryl methyl sites for hydroxylation is 3. The average Bonchev–Trinajstić information content (AvgIpc) is 3.07. The molecular weight excluding hydrogens is 410 g/mol. The summed E-state index contributed by atoms with van der Waals surface area (Å²) in [6, 6.07) is 18.0. The van der Waals surface area contributed by atoms with Gasteiger partial charge in [-0.1, -0.05) is 67.2 Å². The maximum atomic E-state index is 12.8. The van der Waals surface area contributed by atoms with Gasteiger partial charge in [0, 0.05) is 21.5 Å². The number of nitrogens with one attached hydrogen (secondary N) is 1. The van der Waals surface area contributed by atoms with E-state index in [0.29, 0.717) is 5.75 Å². The lowest BCUT2D eigenvalue weighted by Crippen LogP contribution is -2.15. The van der Waals surface area contributed by atoms with Crippen LogP contribution in [-0.2, 0) is 11.2 Å². The lowest BCUT2D eigenvalue weighted by molar-refractivity contribution is -0.113. The van der Waals surface area contributed by atoms with Crippen LogP contribution in [0.5, 0.6) is 0 Å². The zero-order chi connectivity index (χ0) is 21.1. The van der Waals surface area contributed by atoms with E-state index >= 15 is 0 Å². The fourth-order valence-electron chi connectivity index (χ4n) is 3.55. The molecule has 0 aliphatic heterocycles. The molecule has 4 nitrogen and oxygen atoms in total. The summed E-state index contributed by atoms with van der Waals surface area (Å²) in [6.07, 6.45) is 0.933. The van der Waals surface area contributed by atoms with Gasteiger partial charge in [0.25, 0.3) is 0 Å². The number of benzene rings is 2. The van der Waals surface area contributed by atoms with Crippen LogP contribution in [0.4, 0.5) is 5.69 Å². The largest absolute Gasteiger partial charge is 0.325 e. The molecule has 2 aromatic carbocycles. The van der Waals surface area contributed by atoms with Crippen LogP contribution in [0.3, 0.4) is 0 Å². The van der Waals surface area contributed by atoms with Crippen LogP contribution >= 0.6 is 23.1 Å². The van der Waals surface area contributed by atoms with E-state index in [1.165, 1.54) is 22.2 Å². The summed E-state index contributed by atoms with van der Waals surface area (Å²) in [5, 5.41) is 5.07. The Morgan fingerprint density at radius 3 is 2.53 bits per heavy atom. The molecule has 4 aromatic rings. The van der Waals surface area contributed by atoms with Crippen molar-refractivity contribution in [2.75, 3.05) is 11.1 Å². The summed E-state index contributed by atoms with van der Waals surface area (Å²) in [4.78, 5) is 24.3. The van der Waals surface area contributed by atoms with Gasteiger partial charge in [-0.3, -0.25) is 4.79 Å². The van der Waals surface area contributed by atoms with E-state index in [1.54, 1.807) is 11.3 Å². The molecule has 30 heavy (non-hydrogen) atoms. The van der Waals surface area contributed by atoms with Gasteiger partial charge in [0.15, 0.2) is 0 Å². The molecule has 152 valence electrons. The van der Waals surface area contributed by atoms with Crippen molar-refractivity contribution < 1.29 is 4.79 Å². The minimum absolute atomic E-state index is 0.0437. The van der Waals surface area contributed by atoms with Gasteiger partial charge in [-0.2, -0.15) is 0 Å². The van der Waals surface area contributed by atoms with E-state index in [9.17, 15) is 4.79 Å². The number of aromatic nitrogens is 2. The molecule has 2 heterocycles. The monoisotopic (exact) mass is 433 g/mol. The summed E-state index contributed by atoms with van der Waals surface area (Å²) in [7, 11) is 0. The van der Waals surface area contributed by atoms with E-state index < -0.39 is 0 Å². The Kier molecular flexibility index (Phi) is 6.16. The second-order valence-corrected chi connectivity index (χ2v) is 9.16. The molecule has 0 spiro atoms. The van der Waals surface area contributed by atoms with Crippen LogP contribution in [-0.4, -0.2) is 21.6 Å². The van der Waals surface area contributed by atoms with Gasteiger partial charge >= 0.3 is 0 Å². The van der Waals surface area contributed by atoms with Crippen LogP contribution < -0.4 is 5.32 Å². The lowest BCUT2D eigenvalue weighted by atomic mass is 10.0. The molecule has 0 atom stereocenters. The van der Waals surface area contributed by atoms with E-state index in [4.69, 9.17) is 0 Å². The Morgan fingerprint density at radius 2 is 1.77 bits per heavy atom. The van der Waals surface area contributed by atoms with Crippen LogP contribution in [0.2, 0.25) is 0 Å². The summed E-state index contributed by atoms with van der Waals surface area (Å²) >= 11 is 3.18. The highest BCUT2D eigenvalue weighted by Gasteiger charge is 2.17. The molecule has 2 aromatic heterocycles. The van der Waals surface area contributed by atoms with E-state index in [1.807, 2.05) is 61.5 Å². The fourth-order valence-corrected chi connectivity index (χ4v) is 5.67. The minimum Gasteiger partial charge on any atom is -0.325 e. The number of para-hydroxylation sites is 1. The minimum atomic E-state index is -0.0437. The Bertz CT molecular complexity index is 1200. The Morgan fingerprint density at radius 1 is 1.03 bits per heavy atom. The average molecular weight is 434 g/mol. The van der Waals surface area contributed by atoms with Crippen LogP contribution in [0.1, 0.15) is 23.2 Å². The van der Waals surface area contributed by atoms with Crippen molar-refractivity contribution in [2.45, 2.75) is 32.2 Å². The van der Waals surface area contributed by atoms with Gasteiger partial charge in [-0.15, -0.1) is 11.3 Å². The number of amides is 1. The van der Waals surface area contributed by atoms with Gasteiger partial charge in [-0.05, 0) is 37.5 Å². The van der Waals surface area contributed by atoms with Crippen molar-refractivity contribution in [3.63, 3.8) is 0 Å².